The van der Waals surface area contributed by atoms with E-state index in [9.17, 15) is 44.1 Å². The maximum Gasteiger partial charge on any atom is 0.408 e. The number of amides is 1. The van der Waals surface area contributed by atoms with Gasteiger partial charge in [-0.25, -0.2) is 14.4 Å². The molecule has 4 N–H and O–H groups in total. The lowest BCUT2D eigenvalue weighted by molar-refractivity contribution is -0.352. The third-order valence-electron chi connectivity index (χ3n) is 14.2. The molecule has 0 aromatic heterocycles. The van der Waals surface area contributed by atoms with Gasteiger partial charge in [-0.05, 0) is 70.4 Å². The van der Waals surface area contributed by atoms with E-state index in [1.165, 1.54) is 53.9 Å². The molecule has 0 radical (unpaired) electrons. The van der Waals surface area contributed by atoms with Gasteiger partial charge < -0.3 is 63.3 Å². The van der Waals surface area contributed by atoms with Crippen LogP contribution in [0.15, 0.2) is 71.8 Å². The summed E-state index contributed by atoms with van der Waals surface area (Å²) < 4.78 is 45.5. The Bertz CT molecular complexity index is 2500. The number of benzene rings is 2. The summed E-state index contributed by atoms with van der Waals surface area (Å²) in [7, 11) is 3.08. The number of rotatable bonds is 18. The van der Waals surface area contributed by atoms with E-state index >= 15 is 9.59 Å². The van der Waals surface area contributed by atoms with Crippen LogP contribution in [0, 0.1) is 22.7 Å². The van der Waals surface area contributed by atoms with Crippen LogP contribution in [-0.4, -0.2) is 155 Å². The SMILES string of the molecule is C.C.C.C.C=O.COCC(=O)C(C)OC(=O)CSSCC(=O)OC(C(=O)OC1CC2(O)C(OC(=O)c3ccccc3)C3C4C(CC(O)C3(C)C(=O)C(O)C(=C1C)C2(C)C)OC4OC(C)=O)C(NC(=O)OC(C)(C)C)c1ccccc1. The molecule has 80 heavy (non-hydrogen) atoms. The fraction of sp³-hybridized carbons (Fsp3) is 0.596. The lowest BCUT2D eigenvalue weighted by Crippen LogP contribution is -2.76. The number of ether oxygens (including phenoxy) is 8. The molecule has 2 saturated carbocycles. The molecule has 0 spiro atoms. The predicted octanol–water partition coefficient (Wildman–Crippen LogP) is 6.90. The number of Topliss-reactive ketones (excluding diaryl/α,β-unsaturated/α-hetero) is 2. The first-order chi connectivity index (χ1) is 35.7. The number of alkyl carbamates (subject to hydrolysis) is 1. The molecule has 1 saturated heterocycles. The minimum absolute atomic E-state index is 0. The predicted molar refractivity (Wildman–Crippen MR) is 299 cm³/mol. The number of carbonyl (C=O) groups is 9. The Morgan fingerprint density at radius 1 is 0.850 bits per heavy atom. The summed E-state index contributed by atoms with van der Waals surface area (Å²) in [5.74, 6) is -9.28. The number of hydrogen-bond acceptors (Lipinski definition) is 22. The lowest BCUT2D eigenvalue weighted by Gasteiger charge is -2.65. The Hall–Kier alpha value is -5.69. The third kappa shape index (κ3) is 15.6. The van der Waals surface area contributed by atoms with Crippen molar-refractivity contribution in [3.63, 3.8) is 0 Å². The molecule has 3 aliphatic carbocycles. The van der Waals surface area contributed by atoms with Gasteiger partial charge in [0.2, 0.25) is 12.4 Å². The minimum Gasteiger partial charge on any atom is -0.455 e. The highest BCUT2D eigenvalue weighted by Gasteiger charge is 2.74. The van der Waals surface area contributed by atoms with Gasteiger partial charge in [0.1, 0.15) is 60.5 Å². The first kappa shape index (κ1) is 72.3. The summed E-state index contributed by atoms with van der Waals surface area (Å²) >= 11 is 0. The van der Waals surface area contributed by atoms with Gasteiger partial charge >= 0.3 is 35.9 Å². The largest absolute Gasteiger partial charge is 0.455 e. The molecule has 21 nitrogen and oxygen atoms in total. The molecule has 2 aromatic rings. The van der Waals surface area contributed by atoms with Crippen LogP contribution in [0.25, 0.3) is 0 Å². The van der Waals surface area contributed by atoms with E-state index in [4.69, 9.17) is 42.7 Å². The average molecular weight is 1170 g/mol. The number of fused-ring (bicyclic) bond motifs is 5. The van der Waals surface area contributed by atoms with Crippen LogP contribution in [0.3, 0.4) is 0 Å². The van der Waals surface area contributed by atoms with E-state index < -0.39 is 149 Å². The number of esters is 5. The molecule has 3 fully saturated rings. The van der Waals surface area contributed by atoms with Crippen molar-refractivity contribution in [1.82, 2.24) is 5.32 Å². The molecule has 1 amide bonds. The topological polar surface area (TPSA) is 300 Å². The van der Waals surface area contributed by atoms with E-state index in [0.29, 0.717) is 0 Å². The van der Waals surface area contributed by atoms with Crippen molar-refractivity contribution >= 4 is 75.9 Å². The second kappa shape index (κ2) is 29.9. The van der Waals surface area contributed by atoms with Crippen LogP contribution in [0.4, 0.5) is 4.79 Å². The molecular formula is C57H83NO20S2. The van der Waals surface area contributed by atoms with Gasteiger partial charge in [-0.2, -0.15) is 0 Å². The number of nitrogens with one attached hydrogen (secondary N) is 1. The second-order valence-electron chi connectivity index (χ2n) is 20.5. The van der Waals surface area contributed by atoms with Crippen molar-refractivity contribution < 1.29 is 96.4 Å². The van der Waals surface area contributed by atoms with E-state index in [0.717, 1.165) is 28.5 Å². The van der Waals surface area contributed by atoms with Crippen LogP contribution in [-0.2, 0) is 71.5 Å². The zero-order chi connectivity index (χ0) is 56.7. The van der Waals surface area contributed by atoms with Crippen molar-refractivity contribution in [3.8, 4) is 0 Å². The normalized spacial score (nSPS) is 27.0. The van der Waals surface area contributed by atoms with E-state index in [2.05, 4.69) is 5.32 Å². The molecule has 6 rings (SSSR count). The van der Waals surface area contributed by atoms with Gasteiger partial charge in [-0.15, -0.1) is 0 Å². The summed E-state index contributed by atoms with van der Waals surface area (Å²) in [6.45, 7) is 15.0. The molecule has 4 aliphatic rings. The Kier molecular flexibility index (Phi) is 27.0. The van der Waals surface area contributed by atoms with Gasteiger partial charge in [0.05, 0.1) is 29.1 Å². The van der Waals surface area contributed by atoms with Crippen molar-refractivity contribution in [2.24, 2.45) is 22.7 Å². The Balaban J connectivity index is 0.00000527. The van der Waals surface area contributed by atoms with Gasteiger partial charge in [-0.1, -0.05) is 114 Å². The second-order valence-corrected chi connectivity index (χ2v) is 23.0. The molecule has 13 unspecified atom stereocenters. The molecule has 448 valence electrons. The Labute approximate surface area is 477 Å². The van der Waals surface area contributed by atoms with Crippen LogP contribution in [0.2, 0.25) is 0 Å². The maximum absolute atomic E-state index is 15.2. The number of ketones is 2. The lowest BCUT2D eigenvalue weighted by atomic mass is 9.45. The fourth-order valence-corrected chi connectivity index (χ4v) is 12.0. The highest BCUT2D eigenvalue weighted by Crippen LogP contribution is 2.63. The molecule has 2 aromatic carbocycles. The first-order valence-electron chi connectivity index (χ1n) is 24.3. The molecule has 1 heterocycles. The van der Waals surface area contributed by atoms with Crippen molar-refractivity contribution in [1.29, 1.82) is 0 Å². The number of hydrogen-bond donors (Lipinski definition) is 4. The summed E-state index contributed by atoms with van der Waals surface area (Å²) in [6.07, 6.45) is -14.0. The highest BCUT2D eigenvalue weighted by atomic mass is 33.1. The van der Waals surface area contributed by atoms with Crippen molar-refractivity contribution in [2.45, 2.75) is 171 Å². The number of methoxy groups -OCH3 is 1. The Morgan fingerprint density at radius 3 is 1.94 bits per heavy atom. The van der Waals surface area contributed by atoms with Gasteiger partial charge in [0, 0.05) is 38.2 Å². The standard InChI is InChI=1S/C52H65NO19S2.CH2O.4CH4/c1-26-33(68-46(62)42(40(29-17-13-11-14-18-29)53-48(63)72-49(4,5)6)70-36(58)25-74-73-24-35(57)66-27(2)31(55)23-65-10)22-52(64)44(71-45(61)30-19-15-12-16-20-30)39-37-32(69-47(37)67-28(3)54)21-34(56)51(39,9)43(60)41(59)38(26)50(52,7)8;1-2;;;;/h11-20,27,32-34,37,39-42,44,47,56,59,64H,21-25H2,1-10H3,(H,53,63);1H2;4*1H4. The van der Waals surface area contributed by atoms with Crippen molar-refractivity contribution in [2.75, 3.05) is 25.2 Å². The minimum atomic E-state index is -2.41. The van der Waals surface area contributed by atoms with E-state index in [1.807, 2.05) is 6.79 Å². The van der Waals surface area contributed by atoms with E-state index in [-0.39, 0.29) is 70.8 Å². The first-order valence-corrected chi connectivity index (χ1v) is 26.8. The average Bonchev–Trinajstić information content (AvgIpc) is 3.35. The zero-order valence-corrected chi connectivity index (χ0v) is 45.6. The summed E-state index contributed by atoms with van der Waals surface area (Å²) in [5, 5.41) is 40.7. The quantitative estimate of drug-likeness (QED) is 0.0388. The molecule has 23 heteroatoms. The molecule has 13 atom stereocenters. The van der Waals surface area contributed by atoms with Crippen LogP contribution >= 0.6 is 21.6 Å². The number of aliphatic hydroxyl groups excluding tert-OH is 2. The Morgan fingerprint density at radius 2 is 1.40 bits per heavy atom. The zero-order valence-electron chi connectivity index (χ0n) is 44.0. The fourth-order valence-electron chi connectivity index (χ4n) is 10.5. The summed E-state index contributed by atoms with van der Waals surface area (Å²) in [6, 6.07) is 14.3. The molecule has 1 aliphatic heterocycles. The van der Waals surface area contributed by atoms with Crippen LogP contribution in [0.5, 0.6) is 0 Å². The number of aliphatic hydroxyl groups is 3. The van der Waals surface area contributed by atoms with Gasteiger partial charge in [-0.3, -0.25) is 24.0 Å². The third-order valence-corrected chi connectivity index (χ3v) is 16.3. The highest BCUT2D eigenvalue weighted by molar-refractivity contribution is 8.77. The van der Waals surface area contributed by atoms with Gasteiger partial charge in [0.15, 0.2) is 17.7 Å². The monoisotopic (exact) mass is 1170 g/mol. The van der Waals surface area contributed by atoms with Crippen molar-refractivity contribution in [3.05, 3.63) is 82.9 Å². The van der Waals surface area contributed by atoms with Crippen LogP contribution < -0.4 is 5.32 Å². The molecule has 2 bridgehead atoms. The summed E-state index contributed by atoms with van der Waals surface area (Å²) in [4.78, 5) is 117. The van der Waals surface area contributed by atoms with Crippen LogP contribution in [0.1, 0.15) is 127 Å². The maximum atomic E-state index is 15.2. The molecular weight excluding hydrogens is 1080 g/mol. The summed E-state index contributed by atoms with van der Waals surface area (Å²) in [5.41, 5.74) is -6.85. The van der Waals surface area contributed by atoms with Gasteiger partial charge in [0.25, 0.3) is 0 Å². The number of carbonyl (C=O) groups excluding carboxylic acids is 9. The smallest absolute Gasteiger partial charge is 0.408 e. The van der Waals surface area contributed by atoms with E-state index in [1.54, 1.807) is 69.3 Å².